The Bertz CT molecular complexity index is 127. The third-order valence-electron chi connectivity index (χ3n) is 1.27. The third-order valence-corrected chi connectivity index (χ3v) is 4.23. The van der Waals surface area contributed by atoms with Crippen LogP contribution in [-0.2, 0) is 0 Å². The molecular weight excluding hydrogens is 200 g/mol. The van der Waals surface area contributed by atoms with Gasteiger partial charge in [0.25, 0.3) is 0 Å². The Morgan fingerprint density at radius 2 is 1.83 bits per heavy atom. The lowest BCUT2D eigenvalue weighted by molar-refractivity contribution is 1.13. The molecule has 0 rings (SSSR count). The van der Waals surface area contributed by atoms with Crippen LogP contribution in [0.3, 0.4) is 0 Å². The van der Waals surface area contributed by atoms with E-state index in [1.54, 1.807) is 0 Å². The molecule has 0 aromatic heterocycles. The van der Waals surface area contributed by atoms with E-state index in [2.05, 4.69) is 37.0 Å². The first-order chi connectivity index (χ1) is 5.56. The third kappa shape index (κ3) is 10.7. The molecule has 12 heavy (non-hydrogen) atoms. The fourth-order valence-electron chi connectivity index (χ4n) is 0.607. The van der Waals surface area contributed by atoms with Gasteiger partial charge in [0, 0.05) is 0 Å². The van der Waals surface area contributed by atoms with Gasteiger partial charge >= 0.3 is 0 Å². The van der Waals surface area contributed by atoms with E-state index in [1.165, 1.54) is 17.9 Å². The summed E-state index contributed by atoms with van der Waals surface area (Å²) in [4.78, 5) is 0. The smallest absolute Gasteiger partial charge is 0.0693 e. The molecule has 0 saturated heterocycles. The molecule has 0 unspecified atom stereocenters. The van der Waals surface area contributed by atoms with Crippen molar-refractivity contribution >= 4 is 31.6 Å². The summed E-state index contributed by atoms with van der Waals surface area (Å²) < 4.78 is 0. The van der Waals surface area contributed by atoms with Crippen LogP contribution in [0.1, 0.15) is 6.42 Å². The van der Waals surface area contributed by atoms with Crippen LogP contribution in [0.5, 0.6) is 0 Å². The summed E-state index contributed by atoms with van der Waals surface area (Å²) in [5, 5.41) is 2.30. The highest BCUT2D eigenvalue weighted by Gasteiger charge is 2.05. The summed E-state index contributed by atoms with van der Waals surface area (Å²) in [6, 6.07) is 0. The van der Waals surface area contributed by atoms with Crippen LogP contribution in [0.25, 0.3) is 0 Å². The van der Waals surface area contributed by atoms with Gasteiger partial charge in [-0.2, -0.15) is 11.8 Å². The van der Waals surface area contributed by atoms with Crippen molar-refractivity contribution in [2.24, 2.45) is 0 Å². The van der Waals surface area contributed by atoms with Crippen molar-refractivity contribution in [1.82, 2.24) is 0 Å². The van der Waals surface area contributed by atoms with Crippen LogP contribution in [-0.4, -0.2) is 25.8 Å². The molecular formula is C9H20S2Si. The predicted molar refractivity (Wildman–Crippen MR) is 67.9 cm³/mol. The van der Waals surface area contributed by atoms with E-state index in [1.807, 2.05) is 23.5 Å². The first kappa shape index (κ1) is 12.7. The van der Waals surface area contributed by atoms with E-state index in [4.69, 9.17) is 0 Å². The van der Waals surface area contributed by atoms with Crippen molar-refractivity contribution in [1.29, 1.82) is 0 Å². The van der Waals surface area contributed by atoms with E-state index in [0.717, 1.165) is 0 Å². The highest BCUT2D eigenvalue weighted by Crippen LogP contribution is 2.10. The van der Waals surface area contributed by atoms with Crippen LogP contribution in [0.2, 0.25) is 19.6 Å². The lowest BCUT2D eigenvalue weighted by atomic mass is 10.6. The van der Waals surface area contributed by atoms with Gasteiger partial charge in [-0.15, -0.1) is 11.8 Å². The molecule has 0 bridgehead atoms. The predicted octanol–water partition coefficient (Wildman–Crippen LogP) is 3.86. The average molecular weight is 220 g/mol. The molecule has 0 amide bonds. The Hall–Kier alpha value is 0.657. The van der Waals surface area contributed by atoms with Gasteiger partial charge in [-0.05, 0) is 29.6 Å². The zero-order valence-electron chi connectivity index (χ0n) is 8.59. The topological polar surface area (TPSA) is 0 Å². The molecule has 0 N–H and O–H groups in total. The van der Waals surface area contributed by atoms with Gasteiger partial charge in [0.1, 0.15) is 0 Å². The maximum Gasteiger partial charge on any atom is 0.0693 e. The second kappa shape index (κ2) is 7.10. The standard InChI is InChI=1S/C9H20S2Si/c1-10-6-5-7-11-8-9-12(2,3)4/h8-9H,5-7H2,1-4H3/b9-8+. The zero-order valence-corrected chi connectivity index (χ0v) is 11.2. The van der Waals surface area contributed by atoms with Gasteiger partial charge in [-0.25, -0.2) is 0 Å². The molecule has 3 heteroatoms. The molecule has 0 nitrogen and oxygen atoms in total. The van der Waals surface area contributed by atoms with Gasteiger partial charge in [-0.3, -0.25) is 0 Å². The van der Waals surface area contributed by atoms with Gasteiger partial charge in [-0.1, -0.05) is 25.3 Å². The highest BCUT2D eigenvalue weighted by molar-refractivity contribution is 8.02. The van der Waals surface area contributed by atoms with Gasteiger partial charge < -0.3 is 0 Å². The van der Waals surface area contributed by atoms with Crippen LogP contribution >= 0.6 is 23.5 Å². The SMILES string of the molecule is CSCCCS/C=C/[Si](C)(C)C. The summed E-state index contributed by atoms with van der Waals surface area (Å²) in [6.07, 6.45) is 3.50. The van der Waals surface area contributed by atoms with E-state index < -0.39 is 8.07 Å². The molecule has 0 atom stereocenters. The number of rotatable bonds is 6. The molecule has 0 fully saturated rings. The molecule has 0 aliphatic carbocycles. The maximum absolute atomic E-state index is 2.41. The lowest BCUT2D eigenvalue weighted by Gasteiger charge is -2.07. The van der Waals surface area contributed by atoms with Crippen molar-refractivity contribution in [2.45, 2.75) is 26.1 Å². The van der Waals surface area contributed by atoms with Gasteiger partial charge in [0.15, 0.2) is 0 Å². The Labute approximate surface area is 86.6 Å². The van der Waals surface area contributed by atoms with Crippen molar-refractivity contribution in [3.05, 3.63) is 11.1 Å². The van der Waals surface area contributed by atoms with Crippen molar-refractivity contribution in [2.75, 3.05) is 17.8 Å². The quantitative estimate of drug-likeness (QED) is 0.492. The number of thioether (sulfide) groups is 2. The Morgan fingerprint density at radius 3 is 2.33 bits per heavy atom. The summed E-state index contributed by atoms with van der Waals surface area (Å²) >= 11 is 3.90. The van der Waals surface area contributed by atoms with Crippen LogP contribution in [0.15, 0.2) is 11.1 Å². The summed E-state index contributed by atoms with van der Waals surface area (Å²) in [7, 11) is -0.932. The molecule has 0 aliphatic heterocycles. The van der Waals surface area contributed by atoms with E-state index in [-0.39, 0.29) is 0 Å². The molecule has 0 radical (unpaired) electrons. The minimum absolute atomic E-state index is 0.932. The fourth-order valence-corrected chi connectivity index (χ4v) is 3.69. The molecule has 0 saturated carbocycles. The highest BCUT2D eigenvalue weighted by atomic mass is 32.2. The normalized spacial score (nSPS) is 12.7. The summed E-state index contributed by atoms with van der Waals surface area (Å²) in [5.74, 6) is 2.58. The molecule has 72 valence electrons. The van der Waals surface area contributed by atoms with Crippen LogP contribution in [0.4, 0.5) is 0 Å². The van der Waals surface area contributed by atoms with Crippen molar-refractivity contribution < 1.29 is 0 Å². The van der Waals surface area contributed by atoms with Crippen molar-refractivity contribution in [3.63, 3.8) is 0 Å². The Kier molecular flexibility index (Phi) is 7.49. The second-order valence-electron chi connectivity index (χ2n) is 3.89. The number of hydrogen-bond acceptors (Lipinski definition) is 2. The van der Waals surface area contributed by atoms with E-state index in [0.29, 0.717) is 0 Å². The molecule has 0 spiro atoms. The van der Waals surface area contributed by atoms with E-state index in [9.17, 15) is 0 Å². The van der Waals surface area contributed by atoms with E-state index >= 15 is 0 Å². The Morgan fingerprint density at radius 1 is 1.17 bits per heavy atom. The van der Waals surface area contributed by atoms with Crippen LogP contribution in [0, 0.1) is 0 Å². The maximum atomic E-state index is 2.41. The number of hydrogen-bond donors (Lipinski definition) is 0. The minimum Gasteiger partial charge on any atom is -0.165 e. The summed E-state index contributed by atoms with van der Waals surface area (Å²) in [6.45, 7) is 7.10. The Balaban J connectivity index is 3.25. The molecule has 0 heterocycles. The second-order valence-corrected chi connectivity index (χ2v) is 11.0. The summed E-state index contributed by atoms with van der Waals surface area (Å²) in [5.41, 5.74) is 2.41. The molecule has 0 aliphatic rings. The lowest BCUT2D eigenvalue weighted by Crippen LogP contribution is -2.14. The zero-order chi connectivity index (χ0) is 9.45. The first-order valence-electron chi connectivity index (χ1n) is 4.34. The van der Waals surface area contributed by atoms with Gasteiger partial charge in [0.2, 0.25) is 0 Å². The van der Waals surface area contributed by atoms with Crippen molar-refractivity contribution in [3.8, 4) is 0 Å². The van der Waals surface area contributed by atoms with Gasteiger partial charge in [0.05, 0.1) is 8.07 Å². The fraction of sp³-hybridized carbons (Fsp3) is 0.778. The monoisotopic (exact) mass is 220 g/mol. The average Bonchev–Trinajstić information content (AvgIpc) is 1.94. The molecule has 0 aromatic rings. The minimum atomic E-state index is -0.932. The largest absolute Gasteiger partial charge is 0.165 e. The van der Waals surface area contributed by atoms with Crippen LogP contribution < -0.4 is 0 Å². The molecule has 0 aromatic carbocycles. The first-order valence-corrected chi connectivity index (χ1v) is 10.4.